The van der Waals surface area contributed by atoms with Crippen LogP contribution in [0.1, 0.15) is 29.2 Å². The summed E-state index contributed by atoms with van der Waals surface area (Å²) < 4.78 is 0. The molecule has 1 atom stereocenters. The molecule has 0 bridgehead atoms. The maximum Gasteiger partial charge on any atom is 0.325 e. The summed E-state index contributed by atoms with van der Waals surface area (Å²) in [6.45, 7) is 7.13. The Bertz CT molecular complexity index is 901. The highest BCUT2D eigenvalue weighted by Gasteiger charge is 2.49. The Hall–Kier alpha value is -3.15. The average Bonchev–Trinajstić information content (AvgIpc) is 2.83. The van der Waals surface area contributed by atoms with E-state index in [1.165, 1.54) is 0 Å². The lowest BCUT2D eigenvalue weighted by Gasteiger charge is -2.22. The second-order valence-electron chi connectivity index (χ2n) is 7.13. The largest absolute Gasteiger partial charge is 0.325 e. The molecule has 1 heterocycles. The fourth-order valence-corrected chi connectivity index (χ4v) is 3.51. The number of rotatable bonds is 4. The van der Waals surface area contributed by atoms with Crippen molar-refractivity contribution in [2.45, 2.75) is 33.2 Å². The van der Waals surface area contributed by atoms with Crippen LogP contribution in [0.2, 0.25) is 0 Å². The first-order valence-electron chi connectivity index (χ1n) is 8.79. The Morgan fingerprint density at radius 3 is 2.26 bits per heavy atom. The van der Waals surface area contributed by atoms with E-state index in [-0.39, 0.29) is 6.54 Å². The first kappa shape index (κ1) is 18.6. The van der Waals surface area contributed by atoms with E-state index in [0.717, 1.165) is 21.6 Å². The molecular weight excluding hydrogens is 342 g/mol. The van der Waals surface area contributed by atoms with Crippen molar-refractivity contribution in [3.63, 3.8) is 0 Å². The van der Waals surface area contributed by atoms with Crippen LogP contribution in [-0.2, 0) is 15.1 Å². The van der Waals surface area contributed by atoms with Crippen LogP contribution in [0.25, 0.3) is 0 Å². The van der Waals surface area contributed by atoms with Gasteiger partial charge in [-0.05, 0) is 44.4 Å². The molecule has 0 aromatic heterocycles. The van der Waals surface area contributed by atoms with E-state index in [1.807, 2.05) is 39.0 Å². The number of imide groups is 1. The fraction of sp³-hybridized carbons (Fsp3) is 0.286. The van der Waals surface area contributed by atoms with Crippen molar-refractivity contribution < 1.29 is 14.4 Å². The summed E-state index contributed by atoms with van der Waals surface area (Å²) in [6, 6.07) is 12.4. The van der Waals surface area contributed by atoms with Crippen LogP contribution < -0.4 is 10.6 Å². The van der Waals surface area contributed by atoms with Crippen molar-refractivity contribution in [2.75, 3.05) is 11.9 Å². The van der Waals surface area contributed by atoms with Gasteiger partial charge in [-0.25, -0.2) is 4.79 Å². The number of benzene rings is 2. The summed E-state index contributed by atoms with van der Waals surface area (Å²) >= 11 is 0. The first-order chi connectivity index (χ1) is 12.7. The summed E-state index contributed by atoms with van der Waals surface area (Å²) in [5.41, 5.74) is 3.20. The molecule has 2 aromatic carbocycles. The Morgan fingerprint density at radius 1 is 1.07 bits per heavy atom. The molecule has 4 amide bonds. The number of hydrogen-bond donors (Lipinski definition) is 2. The Balaban J connectivity index is 1.77. The summed E-state index contributed by atoms with van der Waals surface area (Å²) in [7, 11) is 0. The van der Waals surface area contributed by atoms with Crippen LogP contribution >= 0.6 is 0 Å². The standard InChI is InChI=1S/C21H23N3O3/c1-13-10-14(2)18(15(3)11-13)22-17(25)12-24-19(26)21(4,23-20(24)27)16-8-6-5-7-9-16/h5-11H,12H2,1-4H3,(H,22,25)(H,23,27)/t21-/m1/s1. The Labute approximate surface area is 158 Å². The van der Waals surface area contributed by atoms with E-state index in [0.29, 0.717) is 11.3 Å². The maximum absolute atomic E-state index is 12.9. The third kappa shape index (κ3) is 3.43. The minimum Gasteiger partial charge on any atom is -0.324 e. The van der Waals surface area contributed by atoms with Crippen LogP contribution in [0.4, 0.5) is 10.5 Å². The van der Waals surface area contributed by atoms with E-state index >= 15 is 0 Å². The van der Waals surface area contributed by atoms with Gasteiger partial charge in [0.2, 0.25) is 5.91 Å². The van der Waals surface area contributed by atoms with Gasteiger partial charge in [0, 0.05) is 5.69 Å². The van der Waals surface area contributed by atoms with Crippen LogP contribution in [0.3, 0.4) is 0 Å². The molecule has 6 nitrogen and oxygen atoms in total. The zero-order valence-electron chi connectivity index (χ0n) is 15.9. The number of carbonyl (C=O) groups excluding carboxylic acids is 3. The predicted molar refractivity (Wildman–Crippen MR) is 103 cm³/mol. The summed E-state index contributed by atoms with van der Waals surface area (Å²) in [6.07, 6.45) is 0. The number of carbonyl (C=O) groups is 3. The number of aryl methyl sites for hydroxylation is 3. The van der Waals surface area contributed by atoms with Crippen molar-refractivity contribution in [3.05, 3.63) is 64.7 Å². The van der Waals surface area contributed by atoms with Gasteiger partial charge in [-0.3, -0.25) is 14.5 Å². The molecule has 0 aliphatic carbocycles. The van der Waals surface area contributed by atoms with Gasteiger partial charge >= 0.3 is 6.03 Å². The Kier molecular flexibility index (Phi) is 4.74. The number of hydrogen-bond acceptors (Lipinski definition) is 3. The van der Waals surface area contributed by atoms with E-state index in [2.05, 4.69) is 10.6 Å². The van der Waals surface area contributed by atoms with Gasteiger partial charge in [-0.1, -0.05) is 48.0 Å². The van der Waals surface area contributed by atoms with Gasteiger partial charge < -0.3 is 10.6 Å². The van der Waals surface area contributed by atoms with Gasteiger partial charge in [0.05, 0.1) is 0 Å². The molecule has 27 heavy (non-hydrogen) atoms. The van der Waals surface area contributed by atoms with Crippen molar-refractivity contribution in [1.82, 2.24) is 10.2 Å². The van der Waals surface area contributed by atoms with Crippen molar-refractivity contribution >= 4 is 23.5 Å². The van der Waals surface area contributed by atoms with Gasteiger partial charge in [-0.15, -0.1) is 0 Å². The highest BCUT2D eigenvalue weighted by Crippen LogP contribution is 2.28. The molecule has 0 radical (unpaired) electrons. The molecule has 3 rings (SSSR count). The third-order valence-electron chi connectivity index (χ3n) is 4.87. The monoisotopic (exact) mass is 365 g/mol. The number of amides is 4. The predicted octanol–water partition coefficient (Wildman–Crippen LogP) is 3.02. The third-order valence-corrected chi connectivity index (χ3v) is 4.87. The lowest BCUT2D eigenvalue weighted by atomic mass is 9.92. The molecule has 0 saturated carbocycles. The SMILES string of the molecule is Cc1cc(C)c(NC(=O)CN2C(=O)N[C@](C)(c3ccccc3)C2=O)c(C)c1. The molecule has 1 aliphatic heterocycles. The Morgan fingerprint density at radius 2 is 1.67 bits per heavy atom. The highest BCUT2D eigenvalue weighted by atomic mass is 16.2. The molecule has 1 saturated heterocycles. The van der Waals surface area contributed by atoms with Crippen LogP contribution in [-0.4, -0.2) is 29.3 Å². The maximum atomic E-state index is 12.9. The van der Waals surface area contributed by atoms with Gasteiger partial charge in [0.1, 0.15) is 12.1 Å². The zero-order valence-corrected chi connectivity index (χ0v) is 15.9. The smallest absolute Gasteiger partial charge is 0.324 e. The van der Waals surface area contributed by atoms with Crippen molar-refractivity contribution in [3.8, 4) is 0 Å². The normalized spacial score (nSPS) is 19.2. The molecule has 6 heteroatoms. The van der Waals surface area contributed by atoms with Crippen LogP contribution in [0.15, 0.2) is 42.5 Å². The second kappa shape index (κ2) is 6.87. The van der Waals surface area contributed by atoms with Gasteiger partial charge in [-0.2, -0.15) is 0 Å². The molecule has 2 aromatic rings. The zero-order chi connectivity index (χ0) is 19.8. The van der Waals surface area contributed by atoms with Crippen LogP contribution in [0.5, 0.6) is 0 Å². The van der Waals surface area contributed by atoms with Gasteiger partial charge in [0.25, 0.3) is 5.91 Å². The quantitative estimate of drug-likeness (QED) is 0.818. The highest BCUT2D eigenvalue weighted by molar-refractivity contribution is 6.10. The summed E-state index contributed by atoms with van der Waals surface area (Å²) in [5, 5.41) is 5.53. The molecule has 0 unspecified atom stereocenters. The number of nitrogens with zero attached hydrogens (tertiary/aromatic N) is 1. The van der Waals surface area contributed by atoms with Crippen molar-refractivity contribution in [1.29, 1.82) is 0 Å². The number of nitrogens with one attached hydrogen (secondary N) is 2. The minimum atomic E-state index is -1.17. The molecule has 2 N–H and O–H groups in total. The lowest BCUT2D eigenvalue weighted by Crippen LogP contribution is -2.42. The molecular formula is C21H23N3O3. The summed E-state index contributed by atoms with van der Waals surface area (Å²) in [4.78, 5) is 38.7. The first-order valence-corrected chi connectivity index (χ1v) is 8.79. The fourth-order valence-electron chi connectivity index (χ4n) is 3.51. The molecule has 0 spiro atoms. The number of urea groups is 1. The topological polar surface area (TPSA) is 78.5 Å². The lowest BCUT2D eigenvalue weighted by molar-refractivity contribution is -0.133. The number of anilines is 1. The summed E-state index contributed by atoms with van der Waals surface area (Å²) in [5.74, 6) is -0.850. The van der Waals surface area contributed by atoms with E-state index in [9.17, 15) is 14.4 Å². The molecule has 1 aliphatic rings. The minimum absolute atomic E-state index is 0.333. The van der Waals surface area contributed by atoms with Crippen LogP contribution in [0, 0.1) is 20.8 Å². The van der Waals surface area contributed by atoms with E-state index in [4.69, 9.17) is 0 Å². The van der Waals surface area contributed by atoms with E-state index in [1.54, 1.807) is 31.2 Å². The second-order valence-corrected chi connectivity index (χ2v) is 7.13. The van der Waals surface area contributed by atoms with Gasteiger partial charge in [0.15, 0.2) is 0 Å². The average molecular weight is 365 g/mol. The van der Waals surface area contributed by atoms with Crippen molar-refractivity contribution in [2.24, 2.45) is 0 Å². The van der Waals surface area contributed by atoms with E-state index < -0.39 is 23.4 Å². The molecule has 1 fully saturated rings. The molecule has 140 valence electrons.